The zero-order valence-electron chi connectivity index (χ0n) is 8.34. The molecule has 0 saturated heterocycles. The van der Waals surface area contributed by atoms with E-state index in [4.69, 9.17) is 5.11 Å². The minimum atomic E-state index is -0.366. The van der Waals surface area contributed by atoms with E-state index in [0.717, 1.165) is 10.5 Å². The Hall–Kier alpha value is -1.26. The van der Waals surface area contributed by atoms with Crippen molar-refractivity contribution in [2.45, 2.75) is 11.5 Å². The number of rotatable bonds is 4. The molecule has 0 aliphatic carbocycles. The van der Waals surface area contributed by atoms with Gasteiger partial charge in [0.15, 0.2) is 0 Å². The summed E-state index contributed by atoms with van der Waals surface area (Å²) in [7, 11) is 1.34. The summed E-state index contributed by atoms with van der Waals surface area (Å²) >= 11 is 1.42. The highest BCUT2D eigenvalue weighted by Crippen LogP contribution is 2.19. The van der Waals surface area contributed by atoms with E-state index < -0.39 is 0 Å². The molecule has 0 aliphatic heterocycles. The third-order valence-corrected chi connectivity index (χ3v) is 2.53. The summed E-state index contributed by atoms with van der Waals surface area (Å²) in [6.45, 7) is 0.0446. The lowest BCUT2D eigenvalue weighted by molar-refractivity contribution is -0.134. The Labute approximate surface area is 92.8 Å². The SMILES string of the molecule is COC(=O)/C=C/Sc1ccc(CO)cc1. The van der Waals surface area contributed by atoms with Gasteiger partial charge in [0.05, 0.1) is 13.7 Å². The average Bonchev–Trinajstić information content (AvgIpc) is 2.29. The van der Waals surface area contributed by atoms with Crippen LogP contribution in [-0.4, -0.2) is 18.2 Å². The highest BCUT2D eigenvalue weighted by atomic mass is 32.2. The largest absolute Gasteiger partial charge is 0.466 e. The van der Waals surface area contributed by atoms with Gasteiger partial charge in [0.2, 0.25) is 0 Å². The molecule has 1 aromatic rings. The van der Waals surface area contributed by atoms with Crippen molar-refractivity contribution in [2.24, 2.45) is 0 Å². The average molecular weight is 224 g/mol. The Morgan fingerprint density at radius 2 is 2.13 bits per heavy atom. The van der Waals surface area contributed by atoms with Crippen LogP contribution < -0.4 is 0 Å². The van der Waals surface area contributed by atoms with Crippen LogP contribution in [0.1, 0.15) is 5.56 Å². The van der Waals surface area contributed by atoms with Crippen LogP contribution in [-0.2, 0) is 16.1 Å². The maximum absolute atomic E-state index is 10.7. The van der Waals surface area contributed by atoms with Crippen LogP contribution in [0.4, 0.5) is 0 Å². The predicted molar refractivity (Wildman–Crippen MR) is 59.4 cm³/mol. The lowest BCUT2D eigenvalue weighted by Crippen LogP contribution is -1.92. The van der Waals surface area contributed by atoms with E-state index in [1.807, 2.05) is 24.3 Å². The maximum Gasteiger partial charge on any atom is 0.330 e. The molecule has 0 atom stereocenters. The van der Waals surface area contributed by atoms with Gasteiger partial charge in [-0.05, 0) is 23.1 Å². The van der Waals surface area contributed by atoms with E-state index in [0.29, 0.717) is 0 Å². The van der Waals surface area contributed by atoms with Gasteiger partial charge in [-0.1, -0.05) is 23.9 Å². The molecule has 15 heavy (non-hydrogen) atoms. The lowest BCUT2D eigenvalue weighted by Gasteiger charge is -1.98. The minimum Gasteiger partial charge on any atom is -0.466 e. The van der Waals surface area contributed by atoms with Crippen molar-refractivity contribution in [1.82, 2.24) is 0 Å². The second-order valence-corrected chi connectivity index (χ2v) is 3.73. The third kappa shape index (κ3) is 4.18. The highest BCUT2D eigenvalue weighted by molar-refractivity contribution is 8.02. The molecule has 0 unspecified atom stereocenters. The number of methoxy groups -OCH3 is 1. The Balaban J connectivity index is 2.51. The second kappa shape index (κ2) is 6.27. The molecule has 0 aromatic heterocycles. The van der Waals surface area contributed by atoms with Crippen molar-refractivity contribution in [1.29, 1.82) is 0 Å². The van der Waals surface area contributed by atoms with Gasteiger partial charge in [0, 0.05) is 11.0 Å². The first kappa shape index (κ1) is 11.8. The van der Waals surface area contributed by atoms with Crippen molar-refractivity contribution >= 4 is 17.7 Å². The van der Waals surface area contributed by atoms with Gasteiger partial charge >= 0.3 is 5.97 Å². The van der Waals surface area contributed by atoms with E-state index in [1.165, 1.54) is 24.9 Å². The molecule has 3 nitrogen and oxygen atoms in total. The van der Waals surface area contributed by atoms with E-state index in [-0.39, 0.29) is 12.6 Å². The Kier molecular flexibility index (Phi) is 4.93. The normalized spacial score (nSPS) is 10.5. The fraction of sp³-hybridized carbons (Fsp3) is 0.182. The number of hydrogen-bond donors (Lipinski definition) is 1. The van der Waals surface area contributed by atoms with Crippen molar-refractivity contribution < 1.29 is 14.6 Å². The standard InChI is InChI=1S/C11H12O3S/c1-14-11(13)6-7-15-10-4-2-9(8-12)3-5-10/h2-7,12H,8H2,1H3/b7-6+. The molecule has 0 heterocycles. The van der Waals surface area contributed by atoms with Crippen molar-refractivity contribution in [3.05, 3.63) is 41.3 Å². The van der Waals surface area contributed by atoms with Crippen LogP contribution in [0.25, 0.3) is 0 Å². The van der Waals surface area contributed by atoms with Crippen LogP contribution in [0.5, 0.6) is 0 Å². The summed E-state index contributed by atoms with van der Waals surface area (Å²) < 4.78 is 4.45. The molecule has 0 radical (unpaired) electrons. The number of carbonyl (C=O) groups excluding carboxylic acids is 1. The summed E-state index contributed by atoms with van der Waals surface area (Å²) in [6.07, 6.45) is 1.37. The summed E-state index contributed by atoms with van der Waals surface area (Å²) in [4.78, 5) is 11.8. The molecule has 0 bridgehead atoms. The first-order chi connectivity index (χ1) is 7.26. The topological polar surface area (TPSA) is 46.5 Å². The highest BCUT2D eigenvalue weighted by Gasteiger charge is 1.93. The zero-order chi connectivity index (χ0) is 11.1. The number of aliphatic hydroxyl groups is 1. The van der Waals surface area contributed by atoms with Crippen LogP contribution in [0.15, 0.2) is 40.6 Å². The van der Waals surface area contributed by atoms with E-state index >= 15 is 0 Å². The van der Waals surface area contributed by atoms with Gasteiger partial charge in [-0.2, -0.15) is 0 Å². The molecule has 1 N–H and O–H groups in total. The van der Waals surface area contributed by atoms with E-state index in [1.54, 1.807) is 5.41 Å². The number of thioether (sulfide) groups is 1. The fourth-order valence-corrected chi connectivity index (χ4v) is 1.54. The van der Waals surface area contributed by atoms with Crippen molar-refractivity contribution in [2.75, 3.05) is 7.11 Å². The minimum absolute atomic E-state index is 0.0446. The quantitative estimate of drug-likeness (QED) is 0.482. The number of ether oxygens (including phenoxy) is 1. The van der Waals surface area contributed by atoms with Gasteiger partial charge in [-0.3, -0.25) is 0 Å². The van der Waals surface area contributed by atoms with Crippen LogP contribution in [0, 0.1) is 0 Å². The van der Waals surface area contributed by atoms with Crippen LogP contribution in [0.3, 0.4) is 0 Å². The summed E-state index contributed by atoms with van der Waals surface area (Å²) in [5.74, 6) is -0.366. The van der Waals surface area contributed by atoms with Gasteiger partial charge in [0.1, 0.15) is 0 Å². The monoisotopic (exact) mass is 224 g/mol. The van der Waals surface area contributed by atoms with Gasteiger partial charge in [0.25, 0.3) is 0 Å². The summed E-state index contributed by atoms with van der Waals surface area (Å²) in [5.41, 5.74) is 0.872. The Morgan fingerprint density at radius 3 is 2.67 bits per heavy atom. The fourth-order valence-electron chi connectivity index (χ4n) is 0.910. The van der Waals surface area contributed by atoms with Crippen molar-refractivity contribution in [3.63, 3.8) is 0 Å². The number of carbonyl (C=O) groups is 1. The van der Waals surface area contributed by atoms with Crippen LogP contribution in [0.2, 0.25) is 0 Å². The molecular weight excluding hydrogens is 212 g/mol. The number of esters is 1. The molecule has 0 fully saturated rings. The number of aliphatic hydroxyl groups excluding tert-OH is 1. The molecule has 0 spiro atoms. The third-order valence-electron chi connectivity index (χ3n) is 1.72. The molecular formula is C11H12O3S. The van der Waals surface area contributed by atoms with E-state index in [9.17, 15) is 4.79 Å². The molecule has 0 amide bonds. The molecule has 1 aromatic carbocycles. The second-order valence-electron chi connectivity index (χ2n) is 2.75. The Morgan fingerprint density at radius 1 is 1.47 bits per heavy atom. The lowest BCUT2D eigenvalue weighted by atomic mass is 10.2. The number of hydrogen-bond acceptors (Lipinski definition) is 4. The van der Waals surface area contributed by atoms with Gasteiger partial charge < -0.3 is 9.84 Å². The predicted octanol–water partition coefficient (Wildman–Crippen LogP) is 1.96. The smallest absolute Gasteiger partial charge is 0.330 e. The molecule has 1 rings (SSSR count). The van der Waals surface area contributed by atoms with Gasteiger partial charge in [-0.25, -0.2) is 4.79 Å². The molecule has 0 aliphatic rings. The van der Waals surface area contributed by atoms with Crippen LogP contribution >= 0.6 is 11.8 Å². The number of benzene rings is 1. The molecule has 0 saturated carbocycles. The summed E-state index contributed by atoms with van der Waals surface area (Å²) in [6, 6.07) is 7.46. The van der Waals surface area contributed by atoms with E-state index in [2.05, 4.69) is 4.74 Å². The summed E-state index contributed by atoms with van der Waals surface area (Å²) in [5, 5.41) is 10.5. The first-order valence-electron chi connectivity index (χ1n) is 4.37. The van der Waals surface area contributed by atoms with Gasteiger partial charge in [-0.15, -0.1) is 0 Å². The molecule has 4 heteroatoms. The zero-order valence-corrected chi connectivity index (χ0v) is 9.16. The first-order valence-corrected chi connectivity index (χ1v) is 5.25. The Bertz CT molecular complexity index is 343. The van der Waals surface area contributed by atoms with Crippen molar-refractivity contribution in [3.8, 4) is 0 Å². The molecule has 80 valence electrons. The maximum atomic E-state index is 10.7.